The average Bonchev–Trinajstić information content (AvgIpc) is 3.16. The van der Waals surface area contributed by atoms with Crippen LogP contribution in [0.3, 0.4) is 0 Å². The number of hydrogen-bond acceptors (Lipinski definition) is 5. The van der Waals surface area contributed by atoms with Crippen LogP contribution in [-0.4, -0.2) is 38.0 Å². The molecule has 2 heterocycles. The molecule has 0 spiro atoms. The van der Waals surface area contributed by atoms with Crippen LogP contribution in [-0.2, 0) is 11.3 Å². The molecule has 0 aliphatic rings. The largest absolute Gasteiger partial charge is 0.355 e. The molecule has 152 valence electrons. The topological polar surface area (TPSA) is 72.7 Å². The summed E-state index contributed by atoms with van der Waals surface area (Å²) in [6, 6.07) is 14.0. The number of benzene rings is 1. The zero-order chi connectivity index (χ0) is 20.3. The SMILES string of the molecule is CCCCCCNC(=O)CSc1nnc(-c2ccncc2)n1Cc1ccccc1. The molecule has 6 nitrogen and oxygen atoms in total. The Kier molecular flexibility index (Phi) is 8.25. The van der Waals surface area contributed by atoms with Crippen molar-refractivity contribution in [2.24, 2.45) is 0 Å². The normalized spacial score (nSPS) is 10.8. The van der Waals surface area contributed by atoms with E-state index < -0.39 is 0 Å². The van der Waals surface area contributed by atoms with Gasteiger partial charge < -0.3 is 5.32 Å². The maximum atomic E-state index is 12.2. The van der Waals surface area contributed by atoms with Crippen molar-refractivity contribution in [1.82, 2.24) is 25.1 Å². The molecule has 0 aliphatic heterocycles. The molecular formula is C22H27N5OS. The van der Waals surface area contributed by atoms with Crippen molar-refractivity contribution < 1.29 is 4.79 Å². The molecule has 0 fully saturated rings. The smallest absolute Gasteiger partial charge is 0.230 e. The van der Waals surface area contributed by atoms with Gasteiger partial charge in [-0.1, -0.05) is 68.3 Å². The minimum absolute atomic E-state index is 0.0335. The van der Waals surface area contributed by atoms with E-state index in [4.69, 9.17) is 0 Å². The van der Waals surface area contributed by atoms with Gasteiger partial charge in [-0.25, -0.2) is 0 Å². The number of carbonyl (C=O) groups is 1. The number of rotatable bonds is 11. The number of nitrogens with zero attached hydrogens (tertiary/aromatic N) is 4. The third kappa shape index (κ3) is 6.42. The molecule has 1 aromatic carbocycles. The molecule has 3 aromatic rings. The number of unbranched alkanes of at least 4 members (excludes halogenated alkanes) is 3. The van der Waals surface area contributed by atoms with Gasteiger partial charge in [0.25, 0.3) is 0 Å². The van der Waals surface area contributed by atoms with Crippen LogP contribution >= 0.6 is 11.8 Å². The average molecular weight is 410 g/mol. The summed E-state index contributed by atoms with van der Waals surface area (Å²) in [5.74, 6) is 1.14. The highest BCUT2D eigenvalue weighted by Crippen LogP contribution is 2.24. The lowest BCUT2D eigenvalue weighted by molar-refractivity contribution is -0.118. The Bertz CT molecular complexity index is 883. The van der Waals surface area contributed by atoms with Gasteiger partial charge in [0.1, 0.15) is 0 Å². The lowest BCUT2D eigenvalue weighted by Crippen LogP contribution is -2.26. The molecule has 0 saturated heterocycles. The fraction of sp³-hybridized carbons (Fsp3) is 0.364. The van der Waals surface area contributed by atoms with Crippen LogP contribution in [0.15, 0.2) is 60.0 Å². The summed E-state index contributed by atoms with van der Waals surface area (Å²) in [5.41, 5.74) is 2.11. The van der Waals surface area contributed by atoms with Gasteiger partial charge >= 0.3 is 0 Å². The van der Waals surface area contributed by atoms with Gasteiger partial charge in [-0.2, -0.15) is 0 Å². The minimum atomic E-state index is 0.0335. The van der Waals surface area contributed by atoms with E-state index in [9.17, 15) is 4.79 Å². The summed E-state index contributed by atoms with van der Waals surface area (Å²) in [6.07, 6.45) is 8.09. The van der Waals surface area contributed by atoms with Gasteiger partial charge in [0.05, 0.1) is 12.3 Å². The molecule has 1 amide bonds. The van der Waals surface area contributed by atoms with E-state index >= 15 is 0 Å². The summed E-state index contributed by atoms with van der Waals surface area (Å²) in [7, 11) is 0. The van der Waals surface area contributed by atoms with E-state index in [0.29, 0.717) is 12.3 Å². The van der Waals surface area contributed by atoms with Crippen molar-refractivity contribution in [3.05, 3.63) is 60.4 Å². The first-order chi connectivity index (χ1) is 14.3. The molecule has 29 heavy (non-hydrogen) atoms. The fourth-order valence-electron chi connectivity index (χ4n) is 2.98. The van der Waals surface area contributed by atoms with E-state index in [1.807, 2.05) is 30.3 Å². The number of pyridine rings is 1. The zero-order valence-electron chi connectivity index (χ0n) is 16.8. The Labute approximate surface area is 176 Å². The lowest BCUT2D eigenvalue weighted by atomic mass is 10.2. The number of thioether (sulfide) groups is 1. The van der Waals surface area contributed by atoms with E-state index in [1.165, 1.54) is 24.6 Å². The quantitative estimate of drug-likeness (QED) is 0.380. The number of aromatic nitrogens is 4. The lowest BCUT2D eigenvalue weighted by Gasteiger charge is -2.10. The van der Waals surface area contributed by atoms with Crippen molar-refractivity contribution in [3.63, 3.8) is 0 Å². The second-order valence-electron chi connectivity index (χ2n) is 6.81. The van der Waals surface area contributed by atoms with Crippen LogP contribution < -0.4 is 5.32 Å². The molecule has 0 saturated carbocycles. The maximum Gasteiger partial charge on any atom is 0.230 e. The Balaban J connectivity index is 1.68. The van der Waals surface area contributed by atoms with Gasteiger partial charge in [-0.15, -0.1) is 10.2 Å². The first-order valence-electron chi connectivity index (χ1n) is 10.0. The first-order valence-corrected chi connectivity index (χ1v) is 11.0. The van der Waals surface area contributed by atoms with Crippen molar-refractivity contribution in [2.45, 2.75) is 44.3 Å². The molecule has 1 N–H and O–H groups in total. The standard InChI is InChI=1S/C22H27N5OS/c1-2-3-4-8-13-24-20(28)17-29-22-26-25-21(19-11-14-23-15-12-19)27(22)16-18-9-6-5-7-10-18/h5-7,9-12,14-15H,2-4,8,13,16-17H2,1H3,(H,24,28). The zero-order valence-corrected chi connectivity index (χ0v) is 17.6. The highest BCUT2D eigenvalue weighted by molar-refractivity contribution is 7.99. The van der Waals surface area contributed by atoms with Crippen molar-refractivity contribution >= 4 is 17.7 Å². The molecule has 0 radical (unpaired) electrons. The van der Waals surface area contributed by atoms with Crippen molar-refractivity contribution in [3.8, 4) is 11.4 Å². The van der Waals surface area contributed by atoms with Crippen molar-refractivity contribution in [2.75, 3.05) is 12.3 Å². The Hall–Kier alpha value is -2.67. The van der Waals surface area contributed by atoms with Crippen LogP contribution in [0, 0.1) is 0 Å². The van der Waals surface area contributed by atoms with Crippen LogP contribution in [0.5, 0.6) is 0 Å². The molecule has 2 aromatic heterocycles. The molecular weight excluding hydrogens is 382 g/mol. The summed E-state index contributed by atoms with van der Waals surface area (Å²) in [4.78, 5) is 16.3. The molecule has 0 aliphatic carbocycles. The third-order valence-electron chi connectivity index (χ3n) is 4.52. The monoisotopic (exact) mass is 409 g/mol. The van der Waals surface area contributed by atoms with Crippen LogP contribution in [0.2, 0.25) is 0 Å². The van der Waals surface area contributed by atoms with Gasteiger partial charge in [-0.05, 0) is 24.1 Å². The van der Waals surface area contributed by atoms with Crippen LogP contribution in [0.1, 0.15) is 38.2 Å². The first kappa shape index (κ1) is 21.0. The molecule has 0 unspecified atom stereocenters. The highest BCUT2D eigenvalue weighted by atomic mass is 32.2. The minimum Gasteiger partial charge on any atom is -0.355 e. The maximum absolute atomic E-state index is 12.2. The van der Waals surface area contributed by atoms with Gasteiger partial charge in [-0.3, -0.25) is 14.3 Å². The summed E-state index contributed by atoms with van der Waals surface area (Å²) >= 11 is 1.42. The Morgan fingerprint density at radius 3 is 2.59 bits per heavy atom. The number of carbonyl (C=O) groups excluding carboxylic acids is 1. The third-order valence-corrected chi connectivity index (χ3v) is 5.49. The van der Waals surface area contributed by atoms with Gasteiger partial charge in [0.15, 0.2) is 11.0 Å². The summed E-state index contributed by atoms with van der Waals surface area (Å²) in [6.45, 7) is 3.56. The summed E-state index contributed by atoms with van der Waals surface area (Å²) in [5, 5.41) is 12.5. The van der Waals surface area contributed by atoms with E-state index in [2.05, 4.69) is 44.1 Å². The number of amides is 1. The van der Waals surface area contributed by atoms with E-state index in [0.717, 1.165) is 41.5 Å². The highest BCUT2D eigenvalue weighted by Gasteiger charge is 2.16. The molecule has 0 bridgehead atoms. The van der Waals surface area contributed by atoms with E-state index in [1.54, 1.807) is 12.4 Å². The predicted molar refractivity (Wildman–Crippen MR) is 117 cm³/mol. The predicted octanol–water partition coefficient (Wildman–Crippen LogP) is 4.18. The summed E-state index contributed by atoms with van der Waals surface area (Å²) < 4.78 is 2.06. The Morgan fingerprint density at radius 2 is 1.83 bits per heavy atom. The molecule has 3 rings (SSSR count). The molecule has 7 heteroatoms. The van der Waals surface area contributed by atoms with Gasteiger partial charge in [0.2, 0.25) is 5.91 Å². The fourth-order valence-corrected chi connectivity index (χ4v) is 3.75. The van der Waals surface area contributed by atoms with Gasteiger partial charge in [0, 0.05) is 24.5 Å². The van der Waals surface area contributed by atoms with Crippen LogP contribution in [0.25, 0.3) is 11.4 Å². The van der Waals surface area contributed by atoms with Crippen molar-refractivity contribution in [1.29, 1.82) is 0 Å². The Morgan fingerprint density at radius 1 is 1.03 bits per heavy atom. The second kappa shape index (κ2) is 11.4. The number of hydrogen-bond donors (Lipinski definition) is 1. The molecule has 0 atom stereocenters. The van der Waals surface area contributed by atoms with E-state index in [-0.39, 0.29) is 5.91 Å². The number of nitrogens with one attached hydrogen (secondary N) is 1. The van der Waals surface area contributed by atoms with Crippen LogP contribution in [0.4, 0.5) is 0 Å². The second-order valence-corrected chi connectivity index (χ2v) is 7.76.